The van der Waals surface area contributed by atoms with E-state index in [1.54, 1.807) is 54.1 Å². The number of amides is 1. The van der Waals surface area contributed by atoms with Crippen LogP contribution in [0.1, 0.15) is 38.9 Å². The number of para-hydroxylation sites is 1. The molecule has 2 heterocycles. The van der Waals surface area contributed by atoms with Crippen LogP contribution in [0.5, 0.6) is 11.5 Å². The summed E-state index contributed by atoms with van der Waals surface area (Å²) in [5.74, 6) is 1.66. The summed E-state index contributed by atoms with van der Waals surface area (Å²) in [7, 11) is 1.60. The second-order valence-corrected chi connectivity index (χ2v) is 9.31. The van der Waals surface area contributed by atoms with Crippen LogP contribution < -0.4 is 9.47 Å². The molecule has 2 atom stereocenters. The van der Waals surface area contributed by atoms with E-state index in [0.29, 0.717) is 22.4 Å². The first kappa shape index (κ1) is 24.1. The number of thioether (sulfide) groups is 1. The SMILES string of the molecule is COc1ccc(OCc2nnc(SCC(=O)N3C(C)CCCC3C)n2-c2ccccc2F)cc1. The highest BCUT2D eigenvalue weighted by Gasteiger charge is 2.29. The summed E-state index contributed by atoms with van der Waals surface area (Å²) in [6.07, 6.45) is 3.16. The summed E-state index contributed by atoms with van der Waals surface area (Å²) in [5.41, 5.74) is 0.315. The summed E-state index contributed by atoms with van der Waals surface area (Å²) < 4.78 is 27.4. The van der Waals surface area contributed by atoms with Gasteiger partial charge in [0.15, 0.2) is 11.0 Å². The van der Waals surface area contributed by atoms with E-state index in [4.69, 9.17) is 9.47 Å². The number of rotatable bonds is 8. The fourth-order valence-electron chi connectivity index (χ4n) is 4.30. The first-order chi connectivity index (χ1) is 16.5. The van der Waals surface area contributed by atoms with Gasteiger partial charge in [0.1, 0.15) is 23.9 Å². The Morgan fingerprint density at radius 1 is 1.06 bits per heavy atom. The molecule has 0 saturated carbocycles. The Labute approximate surface area is 203 Å². The highest BCUT2D eigenvalue weighted by atomic mass is 32.2. The van der Waals surface area contributed by atoms with Crippen LogP contribution in [0.2, 0.25) is 0 Å². The first-order valence-electron chi connectivity index (χ1n) is 11.4. The maximum atomic E-state index is 14.7. The lowest BCUT2D eigenvalue weighted by atomic mass is 9.98. The molecule has 0 aliphatic carbocycles. The molecule has 1 aromatic heterocycles. The molecule has 4 rings (SSSR count). The van der Waals surface area contributed by atoms with Crippen molar-refractivity contribution in [3.05, 3.63) is 60.2 Å². The third-order valence-corrected chi connectivity index (χ3v) is 6.94. The Morgan fingerprint density at radius 2 is 1.74 bits per heavy atom. The molecule has 9 heteroatoms. The minimum Gasteiger partial charge on any atom is -0.497 e. The largest absolute Gasteiger partial charge is 0.497 e. The minimum absolute atomic E-state index is 0.0591. The van der Waals surface area contributed by atoms with E-state index in [0.717, 1.165) is 25.0 Å². The smallest absolute Gasteiger partial charge is 0.233 e. The molecule has 2 unspecified atom stereocenters. The van der Waals surface area contributed by atoms with E-state index in [1.165, 1.54) is 17.8 Å². The van der Waals surface area contributed by atoms with Crippen molar-refractivity contribution >= 4 is 17.7 Å². The van der Waals surface area contributed by atoms with Crippen molar-refractivity contribution in [2.45, 2.75) is 57.0 Å². The topological polar surface area (TPSA) is 69.5 Å². The number of carbonyl (C=O) groups excluding carboxylic acids is 1. The summed E-state index contributed by atoms with van der Waals surface area (Å²) in [4.78, 5) is 15.0. The Bertz CT molecular complexity index is 1110. The van der Waals surface area contributed by atoms with E-state index in [9.17, 15) is 9.18 Å². The zero-order chi connectivity index (χ0) is 24.1. The number of aromatic nitrogens is 3. The molecule has 1 fully saturated rings. The Balaban J connectivity index is 1.54. The molecular weight excluding hydrogens is 455 g/mol. The monoisotopic (exact) mass is 484 g/mol. The molecule has 0 radical (unpaired) electrons. The van der Waals surface area contributed by atoms with Crippen molar-refractivity contribution in [2.24, 2.45) is 0 Å². The lowest BCUT2D eigenvalue weighted by Crippen LogP contribution is -2.48. The number of hydrogen-bond acceptors (Lipinski definition) is 6. The average Bonchev–Trinajstić information content (AvgIpc) is 3.24. The van der Waals surface area contributed by atoms with E-state index < -0.39 is 5.82 Å². The van der Waals surface area contributed by atoms with Gasteiger partial charge in [-0.05, 0) is 69.5 Å². The highest BCUT2D eigenvalue weighted by Crippen LogP contribution is 2.28. The van der Waals surface area contributed by atoms with Crippen LogP contribution >= 0.6 is 11.8 Å². The number of ether oxygens (including phenoxy) is 2. The van der Waals surface area contributed by atoms with Gasteiger partial charge in [-0.25, -0.2) is 4.39 Å². The molecule has 0 spiro atoms. The third kappa shape index (κ3) is 5.35. The van der Waals surface area contributed by atoms with Crippen molar-refractivity contribution in [3.63, 3.8) is 0 Å². The Kier molecular flexibility index (Phi) is 7.72. The first-order valence-corrected chi connectivity index (χ1v) is 12.4. The summed E-state index contributed by atoms with van der Waals surface area (Å²) in [6.45, 7) is 4.27. The lowest BCUT2D eigenvalue weighted by molar-refractivity contribution is -0.134. The molecule has 2 aromatic carbocycles. The molecule has 0 bridgehead atoms. The Hall–Kier alpha value is -3.07. The predicted octanol–water partition coefficient (Wildman–Crippen LogP) is 4.88. The third-order valence-electron chi connectivity index (χ3n) is 6.03. The molecular formula is C25H29FN4O3S. The molecule has 1 amide bonds. The molecule has 0 N–H and O–H groups in total. The van der Waals surface area contributed by atoms with Gasteiger partial charge in [0.25, 0.3) is 0 Å². The van der Waals surface area contributed by atoms with Crippen LogP contribution in [-0.2, 0) is 11.4 Å². The van der Waals surface area contributed by atoms with Crippen LogP contribution in [0.15, 0.2) is 53.7 Å². The average molecular weight is 485 g/mol. The molecule has 3 aromatic rings. The second-order valence-electron chi connectivity index (χ2n) is 8.37. The van der Waals surface area contributed by atoms with Crippen molar-refractivity contribution in [3.8, 4) is 17.2 Å². The quantitative estimate of drug-likeness (QED) is 0.425. The van der Waals surface area contributed by atoms with Crippen LogP contribution in [0.3, 0.4) is 0 Å². The highest BCUT2D eigenvalue weighted by molar-refractivity contribution is 7.99. The number of hydrogen-bond donors (Lipinski definition) is 0. The second kappa shape index (κ2) is 10.9. The van der Waals surface area contributed by atoms with Gasteiger partial charge in [0.2, 0.25) is 5.91 Å². The van der Waals surface area contributed by atoms with E-state index in [1.807, 2.05) is 4.90 Å². The maximum absolute atomic E-state index is 14.7. The molecule has 34 heavy (non-hydrogen) atoms. The molecule has 7 nitrogen and oxygen atoms in total. The zero-order valence-corrected chi connectivity index (χ0v) is 20.4. The van der Waals surface area contributed by atoms with Crippen molar-refractivity contribution in [1.29, 1.82) is 0 Å². The lowest BCUT2D eigenvalue weighted by Gasteiger charge is -2.39. The standard InChI is InChI=1S/C25H29FN4O3S/c1-17-7-6-8-18(2)29(17)24(31)16-34-25-28-27-23(30(25)22-10-5-4-9-21(22)26)15-33-20-13-11-19(32-3)12-14-20/h4-5,9-14,17-18H,6-8,15-16H2,1-3H3. The number of carbonyl (C=O) groups is 1. The molecule has 1 saturated heterocycles. The fourth-order valence-corrected chi connectivity index (χ4v) is 5.13. The number of nitrogens with zero attached hydrogens (tertiary/aromatic N) is 4. The van der Waals surface area contributed by atoms with Crippen LogP contribution in [0, 0.1) is 5.82 Å². The molecule has 180 valence electrons. The van der Waals surface area contributed by atoms with Gasteiger partial charge in [-0.3, -0.25) is 9.36 Å². The van der Waals surface area contributed by atoms with E-state index in [-0.39, 0.29) is 30.4 Å². The summed E-state index contributed by atoms with van der Waals surface area (Å²) >= 11 is 1.26. The molecule has 1 aliphatic rings. The van der Waals surface area contributed by atoms with E-state index in [2.05, 4.69) is 24.0 Å². The van der Waals surface area contributed by atoms with Crippen LogP contribution in [0.25, 0.3) is 5.69 Å². The zero-order valence-electron chi connectivity index (χ0n) is 19.6. The van der Waals surface area contributed by atoms with E-state index >= 15 is 0 Å². The van der Waals surface area contributed by atoms with Gasteiger partial charge in [-0.2, -0.15) is 0 Å². The van der Waals surface area contributed by atoms with Gasteiger partial charge in [-0.15, -0.1) is 10.2 Å². The van der Waals surface area contributed by atoms with Gasteiger partial charge in [0.05, 0.1) is 18.6 Å². The summed E-state index contributed by atoms with van der Waals surface area (Å²) in [6, 6.07) is 14.0. The van der Waals surface area contributed by atoms with Gasteiger partial charge in [0, 0.05) is 12.1 Å². The number of benzene rings is 2. The normalized spacial score (nSPS) is 18.1. The molecule has 1 aliphatic heterocycles. The predicted molar refractivity (Wildman–Crippen MR) is 129 cm³/mol. The summed E-state index contributed by atoms with van der Waals surface area (Å²) in [5, 5.41) is 8.97. The van der Waals surface area contributed by atoms with Gasteiger partial charge >= 0.3 is 0 Å². The van der Waals surface area contributed by atoms with Crippen molar-refractivity contribution < 1.29 is 18.7 Å². The fraction of sp³-hybridized carbons (Fsp3) is 0.400. The number of halogens is 1. The minimum atomic E-state index is -0.403. The number of methoxy groups -OCH3 is 1. The van der Waals surface area contributed by atoms with Crippen LogP contribution in [0.4, 0.5) is 4.39 Å². The number of likely N-dealkylation sites (tertiary alicyclic amines) is 1. The van der Waals surface area contributed by atoms with Crippen molar-refractivity contribution in [1.82, 2.24) is 19.7 Å². The van der Waals surface area contributed by atoms with Crippen LogP contribution in [-0.4, -0.2) is 50.5 Å². The van der Waals surface area contributed by atoms with Gasteiger partial charge in [-0.1, -0.05) is 23.9 Å². The maximum Gasteiger partial charge on any atom is 0.233 e. The van der Waals surface area contributed by atoms with Gasteiger partial charge < -0.3 is 14.4 Å². The number of piperidine rings is 1. The van der Waals surface area contributed by atoms with Crippen molar-refractivity contribution in [2.75, 3.05) is 12.9 Å². The Morgan fingerprint density at radius 3 is 2.41 bits per heavy atom.